The molecule has 0 aliphatic carbocycles. The van der Waals surface area contributed by atoms with Crippen LogP contribution < -0.4 is 10.6 Å². The van der Waals surface area contributed by atoms with Crippen LogP contribution in [-0.4, -0.2) is 43.2 Å². The molecule has 0 aliphatic rings. The van der Waals surface area contributed by atoms with Gasteiger partial charge in [-0.25, -0.2) is 8.42 Å². The average molecular weight is 466 g/mol. The van der Waals surface area contributed by atoms with Crippen LogP contribution in [0.4, 0.5) is 5.69 Å². The molecule has 0 saturated carbocycles. The van der Waals surface area contributed by atoms with E-state index in [0.717, 1.165) is 0 Å². The van der Waals surface area contributed by atoms with Gasteiger partial charge < -0.3 is 10.6 Å². The van der Waals surface area contributed by atoms with Crippen LogP contribution in [0.25, 0.3) is 0 Å². The number of amides is 2. The fraction of sp³-hybridized carbons (Fsp3) is 0.364. The molecule has 9 heteroatoms. The number of carbonyl (C=O) groups is 2. The molecule has 0 saturated heterocycles. The first-order valence-corrected chi connectivity index (χ1v) is 11.7. The Balaban J connectivity index is 2.23. The topological polar surface area (TPSA) is 95.6 Å². The SMILES string of the molecule is CCN(CC)S(=O)(=O)c1ccc(Cl)c(C(=O)Nc2ccc(C(=O)NC(C)(C)C)cc2)c1. The van der Waals surface area contributed by atoms with Gasteiger partial charge in [-0.15, -0.1) is 0 Å². The number of sulfonamides is 1. The van der Waals surface area contributed by atoms with Crippen LogP contribution in [0.5, 0.6) is 0 Å². The molecule has 0 aliphatic heterocycles. The zero-order valence-electron chi connectivity index (χ0n) is 18.3. The molecule has 0 atom stereocenters. The van der Waals surface area contributed by atoms with Crippen molar-refractivity contribution in [3.05, 3.63) is 58.6 Å². The van der Waals surface area contributed by atoms with Crippen molar-refractivity contribution in [3.63, 3.8) is 0 Å². The maximum Gasteiger partial charge on any atom is 0.257 e. The molecule has 0 bridgehead atoms. The molecule has 2 N–H and O–H groups in total. The van der Waals surface area contributed by atoms with Crippen molar-refractivity contribution in [2.45, 2.75) is 45.1 Å². The number of nitrogens with one attached hydrogen (secondary N) is 2. The molecular weight excluding hydrogens is 438 g/mol. The summed E-state index contributed by atoms with van der Waals surface area (Å²) in [5.74, 6) is -0.767. The maximum atomic E-state index is 12.8. The minimum atomic E-state index is -3.73. The Labute approximate surface area is 188 Å². The van der Waals surface area contributed by atoms with E-state index < -0.39 is 15.9 Å². The smallest absolute Gasteiger partial charge is 0.257 e. The van der Waals surface area contributed by atoms with Crippen LogP contribution in [0.3, 0.4) is 0 Å². The highest BCUT2D eigenvalue weighted by Gasteiger charge is 2.24. The van der Waals surface area contributed by atoms with E-state index in [1.54, 1.807) is 38.1 Å². The lowest BCUT2D eigenvalue weighted by molar-refractivity contribution is 0.0919. The van der Waals surface area contributed by atoms with Crippen LogP contribution >= 0.6 is 11.6 Å². The largest absolute Gasteiger partial charge is 0.347 e. The lowest BCUT2D eigenvalue weighted by Gasteiger charge is -2.20. The van der Waals surface area contributed by atoms with Gasteiger partial charge in [0.15, 0.2) is 0 Å². The predicted octanol–water partition coefficient (Wildman–Crippen LogP) is 4.15. The maximum absolute atomic E-state index is 12.8. The second-order valence-corrected chi connectivity index (χ2v) is 10.3. The summed E-state index contributed by atoms with van der Waals surface area (Å²) < 4.78 is 26.8. The van der Waals surface area contributed by atoms with Gasteiger partial charge in [0.25, 0.3) is 11.8 Å². The molecule has 0 unspecified atom stereocenters. The third-order valence-electron chi connectivity index (χ3n) is 4.42. The van der Waals surface area contributed by atoms with Crippen LogP contribution in [0.2, 0.25) is 5.02 Å². The summed E-state index contributed by atoms with van der Waals surface area (Å²) in [5, 5.41) is 5.69. The van der Waals surface area contributed by atoms with Crippen LogP contribution in [0, 0.1) is 0 Å². The number of nitrogens with zero attached hydrogens (tertiary/aromatic N) is 1. The molecular formula is C22H28ClN3O4S. The highest BCUT2D eigenvalue weighted by molar-refractivity contribution is 7.89. The Morgan fingerprint density at radius 1 is 0.968 bits per heavy atom. The standard InChI is InChI=1S/C22H28ClN3O4S/c1-6-26(7-2)31(29,30)17-12-13-19(23)18(14-17)21(28)24-16-10-8-15(9-11-16)20(27)25-22(3,4)5/h8-14H,6-7H2,1-5H3,(H,24,28)(H,25,27). The van der Waals surface area contributed by atoms with E-state index in [4.69, 9.17) is 11.6 Å². The van der Waals surface area contributed by atoms with Gasteiger partial charge in [-0.2, -0.15) is 4.31 Å². The predicted molar refractivity (Wildman–Crippen MR) is 123 cm³/mol. The number of rotatable bonds is 7. The highest BCUT2D eigenvalue weighted by atomic mass is 35.5. The zero-order chi connectivity index (χ0) is 23.4. The Morgan fingerprint density at radius 3 is 2.06 bits per heavy atom. The monoisotopic (exact) mass is 465 g/mol. The minimum Gasteiger partial charge on any atom is -0.347 e. The molecule has 168 valence electrons. The van der Waals surface area contributed by atoms with Gasteiger partial charge in [-0.1, -0.05) is 25.4 Å². The lowest BCUT2D eigenvalue weighted by atomic mass is 10.1. The van der Waals surface area contributed by atoms with Crippen LogP contribution in [0.15, 0.2) is 47.4 Å². The normalized spacial score (nSPS) is 12.0. The van der Waals surface area contributed by atoms with Crippen molar-refractivity contribution < 1.29 is 18.0 Å². The fourth-order valence-corrected chi connectivity index (χ4v) is 4.56. The van der Waals surface area contributed by atoms with E-state index in [1.807, 2.05) is 20.8 Å². The first-order valence-electron chi connectivity index (χ1n) is 9.92. The number of halogens is 1. The summed E-state index contributed by atoms with van der Waals surface area (Å²) in [6, 6.07) is 10.4. The van der Waals surface area contributed by atoms with E-state index in [1.165, 1.54) is 22.5 Å². The summed E-state index contributed by atoms with van der Waals surface area (Å²) in [6.45, 7) is 9.79. The Bertz CT molecular complexity index is 1060. The van der Waals surface area contributed by atoms with Crippen LogP contribution in [-0.2, 0) is 10.0 Å². The van der Waals surface area contributed by atoms with Gasteiger partial charge in [0.05, 0.1) is 15.5 Å². The van der Waals surface area contributed by atoms with Crippen molar-refractivity contribution in [2.24, 2.45) is 0 Å². The molecule has 2 aromatic rings. The third-order valence-corrected chi connectivity index (χ3v) is 6.79. The average Bonchev–Trinajstić information content (AvgIpc) is 2.68. The number of carbonyl (C=O) groups excluding carboxylic acids is 2. The molecule has 31 heavy (non-hydrogen) atoms. The van der Waals surface area contributed by atoms with Gasteiger partial charge in [-0.3, -0.25) is 9.59 Å². The third kappa shape index (κ3) is 6.29. The second kappa shape index (κ2) is 9.80. The number of anilines is 1. The van der Waals surface area contributed by atoms with E-state index in [-0.39, 0.29) is 26.9 Å². The molecule has 2 aromatic carbocycles. The molecule has 2 rings (SSSR count). The summed E-state index contributed by atoms with van der Waals surface area (Å²) in [5.41, 5.74) is 0.588. The van der Waals surface area contributed by atoms with Crippen molar-refractivity contribution in [3.8, 4) is 0 Å². The zero-order valence-corrected chi connectivity index (χ0v) is 19.9. The van der Waals surface area contributed by atoms with E-state index >= 15 is 0 Å². The molecule has 0 radical (unpaired) electrons. The highest BCUT2D eigenvalue weighted by Crippen LogP contribution is 2.24. The van der Waals surface area contributed by atoms with Crippen molar-refractivity contribution in [2.75, 3.05) is 18.4 Å². The molecule has 0 spiro atoms. The van der Waals surface area contributed by atoms with E-state index in [2.05, 4.69) is 10.6 Å². The van der Waals surface area contributed by atoms with Crippen molar-refractivity contribution >= 4 is 39.1 Å². The number of hydrogen-bond acceptors (Lipinski definition) is 4. The van der Waals surface area contributed by atoms with E-state index in [0.29, 0.717) is 24.3 Å². The summed E-state index contributed by atoms with van der Waals surface area (Å²) >= 11 is 6.16. The summed E-state index contributed by atoms with van der Waals surface area (Å²) in [6.07, 6.45) is 0. The summed E-state index contributed by atoms with van der Waals surface area (Å²) in [7, 11) is -3.73. The molecule has 7 nitrogen and oxygen atoms in total. The van der Waals surface area contributed by atoms with Gasteiger partial charge in [-0.05, 0) is 63.2 Å². The number of hydrogen-bond donors (Lipinski definition) is 2. The fourth-order valence-electron chi connectivity index (χ4n) is 2.87. The van der Waals surface area contributed by atoms with Gasteiger partial charge in [0.2, 0.25) is 10.0 Å². The quantitative estimate of drug-likeness (QED) is 0.642. The molecule has 0 aromatic heterocycles. The van der Waals surface area contributed by atoms with Gasteiger partial charge in [0, 0.05) is 29.9 Å². The van der Waals surface area contributed by atoms with Crippen molar-refractivity contribution in [1.82, 2.24) is 9.62 Å². The Morgan fingerprint density at radius 2 is 1.55 bits per heavy atom. The van der Waals surface area contributed by atoms with Gasteiger partial charge >= 0.3 is 0 Å². The molecule has 0 fully saturated rings. The van der Waals surface area contributed by atoms with Crippen LogP contribution in [0.1, 0.15) is 55.3 Å². The molecule has 0 heterocycles. The van der Waals surface area contributed by atoms with Gasteiger partial charge in [0.1, 0.15) is 0 Å². The Kier molecular flexibility index (Phi) is 7.86. The lowest BCUT2D eigenvalue weighted by Crippen LogP contribution is -2.40. The minimum absolute atomic E-state index is 0.0000470. The summed E-state index contributed by atoms with van der Waals surface area (Å²) in [4.78, 5) is 25.0. The molecule has 2 amide bonds. The number of benzene rings is 2. The first-order chi connectivity index (χ1) is 14.4. The first kappa shape index (κ1) is 24.8. The second-order valence-electron chi connectivity index (χ2n) is 7.97. The van der Waals surface area contributed by atoms with E-state index in [9.17, 15) is 18.0 Å². The Hall–Kier alpha value is -2.42. The van der Waals surface area contributed by atoms with Crippen molar-refractivity contribution in [1.29, 1.82) is 0 Å².